The van der Waals surface area contributed by atoms with Crippen LogP contribution >= 0.6 is 0 Å². The minimum atomic E-state index is -0.192. The summed E-state index contributed by atoms with van der Waals surface area (Å²) >= 11 is 0. The number of rotatable bonds is 6. The second-order valence-electron chi connectivity index (χ2n) is 4.95. The van der Waals surface area contributed by atoms with Crippen molar-refractivity contribution >= 4 is 0 Å². The first-order valence-corrected chi connectivity index (χ1v) is 6.25. The van der Waals surface area contributed by atoms with Crippen LogP contribution in [0.4, 0.5) is 4.39 Å². The predicted molar refractivity (Wildman–Crippen MR) is 66.8 cm³/mol. The zero-order valence-corrected chi connectivity index (χ0v) is 10.5. The van der Waals surface area contributed by atoms with Crippen LogP contribution in [0.5, 0.6) is 5.75 Å². The maximum absolute atomic E-state index is 13.2. The van der Waals surface area contributed by atoms with Gasteiger partial charge in [-0.1, -0.05) is 6.92 Å². The van der Waals surface area contributed by atoms with E-state index in [4.69, 9.17) is 4.74 Å². The Morgan fingerprint density at radius 3 is 2.88 bits per heavy atom. The molecule has 1 atom stereocenters. The highest BCUT2D eigenvalue weighted by Crippen LogP contribution is 2.23. The Balaban J connectivity index is 1.92. The molecule has 17 heavy (non-hydrogen) atoms. The fourth-order valence-corrected chi connectivity index (χ4v) is 2.01. The molecule has 0 bridgehead atoms. The van der Waals surface area contributed by atoms with E-state index in [1.54, 1.807) is 19.2 Å². The van der Waals surface area contributed by atoms with E-state index in [1.807, 2.05) is 0 Å². The monoisotopic (exact) mass is 237 g/mol. The first kappa shape index (κ1) is 12.4. The lowest BCUT2D eigenvalue weighted by atomic mass is 10.00. The van der Waals surface area contributed by atoms with Crippen LogP contribution in [0.3, 0.4) is 0 Å². The summed E-state index contributed by atoms with van der Waals surface area (Å²) in [6.45, 7) is 3.17. The second kappa shape index (κ2) is 5.50. The molecule has 0 heterocycles. The Hall–Kier alpha value is -1.09. The average molecular weight is 237 g/mol. The van der Waals surface area contributed by atoms with Crippen LogP contribution in [0.1, 0.15) is 25.3 Å². The van der Waals surface area contributed by atoms with Gasteiger partial charge in [-0.15, -0.1) is 0 Å². The summed E-state index contributed by atoms with van der Waals surface area (Å²) in [5, 5.41) is 3.49. The topological polar surface area (TPSA) is 21.3 Å². The van der Waals surface area contributed by atoms with Crippen LogP contribution in [0.2, 0.25) is 0 Å². The van der Waals surface area contributed by atoms with Gasteiger partial charge in [0, 0.05) is 6.04 Å². The van der Waals surface area contributed by atoms with Gasteiger partial charge < -0.3 is 10.1 Å². The van der Waals surface area contributed by atoms with Crippen molar-refractivity contribution in [2.75, 3.05) is 13.7 Å². The standard InChI is InChI=1S/C14H20FNO/c1-10(9-16-13-4-5-13)7-11-8-12(15)3-6-14(11)17-2/h3,6,8,10,13,16H,4-5,7,9H2,1-2H3. The molecule has 1 N–H and O–H groups in total. The lowest BCUT2D eigenvalue weighted by Gasteiger charge is -2.14. The van der Waals surface area contributed by atoms with Crippen molar-refractivity contribution in [2.24, 2.45) is 5.92 Å². The van der Waals surface area contributed by atoms with Crippen LogP contribution in [0.25, 0.3) is 0 Å². The number of nitrogens with one attached hydrogen (secondary N) is 1. The summed E-state index contributed by atoms with van der Waals surface area (Å²) < 4.78 is 18.4. The Kier molecular flexibility index (Phi) is 4.00. The fraction of sp³-hybridized carbons (Fsp3) is 0.571. The van der Waals surface area contributed by atoms with Crippen LogP contribution in [0.15, 0.2) is 18.2 Å². The molecule has 2 nitrogen and oxygen atoms in total. The Morgan fingerprint density at radius 2 is 2.24 bits per heavy atom. The number of hydrogen-bond acceptors (Lipinski definition) is 2. The van der Waals surface area contributed by atoms with Gasteiger partial charge in [-0.2, -0.15) is 0 Å². The SMILES string of the molecule is COc1ccc(F)cc1CC(C)CNC1CC1. The molecule has 0 aromatic heterocycles. The molecule has 0 aliphatic heterocycles. The third-order valence-corrected chi connectivity index (χ3v) is 3.14. The van der Waals surface area contributed by atoms with Crippen LogP contribution < -0.4 is 10.1 Å². The van der Waals surface area contributed by atoms with Crippen LogP contribution in [-0.4, -0.2) is 19.7 Å². The molecule has 1 unspecified atom stereocenters. The van der Waals surface area contributed by atoms with Gasteiger partial charge in [-0.3, -0.25) is 0 Å². The first-order chi connectivity index (χ1) is 8.19. The number of ether oxygens (including phenoxy) is 1. The molecule has 1 aliphatic carbocycles. The lowest BCUT2D eigenvalue weighted by Crippen LogP contribution is -2.24. The Bertz CT molecular complexity index is 376. The van der Waals surface area contributed by atoms with Gasteiger partial charge >= 0.3 is 0 Å². The largest absolute Gasteiger partial charge is 0.496 e. The third-order valence-electron chi connectivity index (χ3n) is 3.14. The smallest absolute Gasteiger partial charge is 0.123 e. The van der Waals surface area contributed by atoms with Gasteiger partial charge in [0.2, 0.25) is 0 Å². The molecule has 0 spiro atoms. The van der Waals surface area contributed by atoms with Gasteiger partial charge in [0.1, 0.15) is 11.6 Å². The van der Waals surface area contributed by atoms with Crippen molar-refractivity contribution < 1.29 is 9.13 Å². The van der Waals surface area contributed by atoms with E-state index in [9.17, 15) is 4.39 Å². The zero-order chi connectivity index (χ0) is 12.3. The molecule has 0 amide bonds. The van der Waals surface area contributed by atoms with Gasteiger partial charge in [0.25, 0.3) is 0 Å². The van der Waals surface area contributed by atoms with Gasteiger partial charge in [-0.05, 0) is 55.5 Å². The second-order valence-corrected chi connectivity index (χ2v) is 4.95. The summed E-state index contributed by atoms with van der Waals surface area (Å²) in [4.78, 5) is 0. The molecule has 94 valence electrons. The van der Waals surface area contributed by atoms with E-state index < -0.39 is 0 Å². The van der Waals surface area contributed by atoms with E-state index in [0.717, 1.165) is 30.3 Å². The number of halogens is 1. The number of methoxy groups -OCH3 is 1. The third kappa shape index (κ3) is 3.70. The van der Waals surface area contributed by atoms with E-state index in [2.05, 4.69) is 12.2 Å². The molecular weight excluding hydrogens is 217 g/mol. The van der Waals surface area contributed by atoms with Crippen LogP contribution in [-0.2, 0) is 6.42 Å². The predicted octanol–water partition coefficient (Wildman–Crippen LogP) is 2.76. The summed E-state index contributed by atoms with van der Waals surface area (Å²) in [5.41, 5.74) is 0.956. The maximum atomic E-state index is 13.2. The molecule has 1 aromatic rings. The molecule has 1 aromatic carbocycles. The molecule has 3 heteroatoms. The fourth-order valence-electron chi connectivity index (χ4n) is 2.01. The molecule has 1 fully saturated rings. The Labute approximate surface area is 102 Å². The lowest BCUT2D eigenvalue weighted by molar-refractivity contribution is 0.402. The molecule has 0 radical (unpaired) electrons. The highest BCUT2D eigenvalue weighted by Gasteiger charge is 2.21. The molecule has 0 saturated heterocycles. The minimum absolute atomic E-state index is 0.192. The zero-order valence-electron chi connectivity index (χ0n) is 10.5. The van der Waals surface area contributed by atoms with Crippen molar-refractivity contribution in [3.63, 3.8) is 0 Å². The highest BCUT2D eigenvalue weighted by atomic mass is 19.1. The summed E-state index contributed by atoms with van der Waals surface area (Å²) in [6, 6.07) is 5.44. The average Bonchev–Trinajstić information content (AvgIpc) is 3.10. The minimum Gasteiger partial charge on any atom is -0.496 e. The van der Waals surface area contributed by atoms with Gasteiger partial charge in [-0.25, -0.2) is 4.39 Å². The van der Waals surface area contributed by atoms with Gasteiger partial charge in [0.05, 0.1) is 7.11 Å². The van der Waals surface area contributed by atoms with Crippen molar-refractivity contribution in [3.05, 3.63) is 29.6 Å². The Morgan fingerprint density at radius 1 is 1.47 bits per heavy atom. The summed E-state index contributed by atoms with van der Waals surface area (Å²) in [5.74, 6) is 1.08. The summed E-state index contributed by atoms with van der Waals surface area (Å²) in [6.07, 6.45) is 3.45. The molecular formula is C14H20FNO. The van der Waals surface area contributed by atoms with Gasteiger partial charge in [0.15, 0.2) is 0 Å². The van der Waals surface area contributed by atoms with Crippen molar-refractivity contribution in [1.82, 2.24) is 5.32 Å². The van der Waals surface area contributed by atoms with Crippen molar-refractivity contribution in [3.8, 4) is 5.75 Å². The van der Waals surface area contributed by atoms with E-state index in [-0.39, 0.29) is 5.82 Å². The first-order valence-electron chi connectivity index (χ1n) is 6.25. The quantitative estimate of drug-likeness (QED) is 0.821. The van der Waals surface area contributed by atoms with E-state index in [1.165, 1.54) is 18.9 Å². The maximum Gasteiger partial charge on any atom is 0.123 e. The highest BCUT2D eigenvalue weighted by molar-refractivity contribution is 5.34. The van der Waals surface area contributed by atoms with Crippen molar-refractivity contribution in [2.45, 2.75) is 32.2 Å². The van der Waals surface area contributed by atoms with Crippen molar-refractivity contribution in [1.29, 1.82) is 0 Å². The number of benzene rings is 1. The van der Waals surface area contributed by atoms with E-state index in [0.29, 0.717) is 5.92 Å². The number of hydrogen-bond donors (Lipinski definition) is 1. The molecule has 2 rings (SSSR count). The normalized spacial score (nSPS) is 16.9. The van der Waals surface area contributed by atoms with Crippen LogP contribution in [0, 0.1) is 11.7 Å². The molecule has 1 saturated carbocycles. The van der Waals surface area contributed by atoms with E-state index >= 15 is 0 Å². The molecule has 1 aliphatic rings. The summed E-state index contributed by atoms with van der Waals surface area (Å²) in [7, 11) is 1.63.